The van der Waals surface area contributed by atoms with Crippen LogP contribution in [-0.2, 0) is 6.42 Å². The van der Waals surface area contributed by atoms with Gasteiger partial charge in [0.2, 0.25) is 0 Å². The number of amides is 1. The number of hydrogen-bond donors (Lipinski definition) is 2. The van der Waals surface area contributed by atoms with Crippen molar-refractivity contribution in [2.45, 2.75) is 13.3 Å². The van der Waals surface area contributed by atoms with Gasteiger partial charge in [-0.05, 0) is 54.4 Å². The van der Waals surface area contributed by atoms with Gasteiger partial charge in [0.15, 0.2) is 11.5 Å². The van der Waals surface area contributed by atoms with Crippen LogP contribution in [0.3, 0.4) is 0 Å². The van der Waals surface area contributed by atoms with Crippen LogP contribution in [0.5, 0.6) is 0 Å². The van der Waals surface area contributed by atoms with E-state index in [1.54, 1.807) is 18.2 Å². The minimum Gasteiger partial charge on any atom is -0.339 e. The summed E-state index contributed by atoms with van der Waals surface area (Å²) in [6.45, 7) is 2.10. The van der Waals surface area contributed by atoms with E-state index in [0.717, 1.165) is 12.1 Å². The van der Waals surface area contributed by atoms with Crippen LogP contribution in [0, 0.1) is 5.82 Å². The summed E-state index contributed by atoms with van der Waals surface area (Å²) < 4.78 is 13.1. The van der Waals surface area contributed by atoms with Crippen molar-refractivity contribution < 1.29 is 9.18 Å². The number of anilines is 3. The van der Waals surface area contributed by atoms with Crippen LogP contribution in [0.15, 0.2) is 60.7 Å². The zero-order valence-electron chi connectivity index (χ0n) is 13.7. The first-order valence-electron chi connectivity index (χ1n) is 7.90. The normalized spacial score (nSPS) is 10.3. The number of aromatic nitrogens is 2. The third kappa shape index (κ3) is 4.38. The molecule has 0 aliphatic carbocycles. The molecule has 0 saturated heterocycles. The minimum atomic E-state index is -0.447. The summed E-state index contributed by atoms with van der Waals surface area (Å²) in [5, 5.41) is 13.6. The summed E-state index contributed by atoms with van der Waals surface area (Å²) in [5.41, 5.74) is 2.66. The van der Waals surface area contributed by atoms with E-state index in [4.69, 9.17) is 0 Å². The highest BCUT2D eigenvalue weighted by Gasteiger charge is 2.09. The van der Waals surface area contributed by atoms with Gasteiger partial charge in [-0.3, -0.25) is 4.79 Å². The van der Waals surface area contributed by atoms with Gasteiger partial charge >= 0.3 is 0 Å². The van der Waals surface area contributed by atoms with Crippen molar-refractivity contribution >= 4 is 23.1 Å². The average molecular weight is 336 g/mol. The van der Waals surface area contributed by atoms with Crippen LogP contribution in [-0.4, -0.2) is 16.1 Å². The topological polar surface area (TPSA) is 66.9 Å². The number of nitrogens with one attached hydrogen (secondary N) is 2. The highest BCUT2D eigenvalue weighted by Crippen LogP contribution is 2.16. The van der Waals surface area contributed by atoms with E-state index in [9.17, 15) is 9.18 Å². The molecule has 0 unspecified atom stereocenters. The Hall–Kier alpha value is -3.28. The molecular formula is C19H17FN4O. The van der Waals surface area contributed by atoms with Crippen molar-refractivity contribution in [3.8, 4) is 0 Å². The Morgan fingerprint density at radius 3 is 2.44 bits per heavy atom. The lowest BCUT2D eigenvalue weighted by atomic mass is 10.1. The maximum absolute atomic E-state index is 13.1. The van der Waals surface area contributed by atoms with E-state index in [2.05, 4.69) is 27.8 Å². The lowest BCUT2D eigenvalue weighted by Crippen LogP contribution is -2.14. The molecule has 0 saturated carbocycles. The van der Waals surface area contributed by atoms with Gasteiger partial charge in [0, 0.05) is 11.4 Å². The second kappa shape index (κ2) is 7.53. The van der Waals surface area contributed by atoms with Crippen molar-refractivity contribution in [1.29, 1.82) is 0 Å². The van der Waals surface area contributed by atoms with Crippen LogP contribution >= 0.6 is 0 Å². The summed E-state index contributed by atoms with van der Waals surface area (Å²) in [5.74, 6) is -0.332. The standard InChI is InChI=1S/C19H17FN4O/c1-2-13-6-8-15(9-7-13)21-18-11-10-17(23-24-18)19(25)22-16-5-3-4-14(20)12-16/h3-12H,2H2,1H3,(H,21,24)(H,22,25). The van der Waals surface area contributed by atoms with Crippen molar-refractivity contribution in [3.05, 3.63) is 77.7 Å². The zero-order chi connectivity index (χ0) is 17.6. The summed E-state index contributed by atoms with van der Waals surface area (Å²) >= 11 is 0. The van der Waals surface area contributed by atoms with E-state index in [0.29, 0.717) is 11.5 Å². The molecule has 1 aromatic heterocycles. The smallest absolute Gasteiger partial charge is 0.276 e. The molecule has 0 bridgehead atoms. The first-order valence-corrected chi connectivity index (χ1v) is 7.90. The second-order valence-electron chi connectivity index (χ2n) is 5.44. The SMILES string of the molecule is CCc1ccc(Nc2ccc(C(=O)Nc3cccc(F)c3)nn2)cc1. The van der Waals surface area contributed by atoms with E-state index in [-0.39, 0.29) is 5.69 Å². The predicted molar refractivity (Wildman–Crippen MR) is 95.5 cm³/mol. The lowest BCUT2D eigenvalue weighted by molar-refractivity contribution is 0.102. The average Bonchev–Trinajstić information content (AvgIpc) is 2.63. The lowest BCUT2D eigenvalue weighted by Gasteiger charge is -2.07. The monoisotopic (exact) mass is 336 g/mol. The number of nitrogens with zero attached hydrogens (tertiary/aromatic N) is 2. The van der Waals surface area contributed by atoms with E-state index in [1.165, 1.54) is 23.8 Å². The Bertz CT molecular complexity index is 863. The van der Waals surface area contributed by atoms with Gasteiger partial charge in [0.25, 0.3) is 5.91 Å². The molecule has 2 aromatic carbocycles. The number of rotatable bonds is 5. The van der Waals surface area contributed by atoms with Crippen molar-refractivity contribution in [2.24, 2.45) is 0 Å². The maximum atomic E-state index is 13.1. The number of hydrogen-bond acceptors (Lipinski definition) is 4. The Labute approximate surface area is 144 Å². The van der Waals surface area contributed by atoms with Gasteiger partial charge in [-0.2, -0.15) is 0 Å². The van der Waals surface area contributed by atoms with Gasteiger partial charge in [-0.25, -0.2) is 4.39 Å². The van der Waals surface area contributed by atoms with E-state index >= 15 is 0 Å². The molecule has 5 nitrogen and oxygen atoms in total. The van der Waals surface area contributed by atoms with Gasteiger partial charge in [0.05, 0.1) is 0 Å². The van der Waals surface area contributed by atoms with Crippen LogP contribution in [0.4, 0.5) is 21.6 Å². The molecule has 2 N–H and O–H groups in total. The first kappa shape index (κ1) is 16.6. The molecule has 0 atom stereocenters. The highest BCUT2D eigenvalue weighted by molar-refractivity contribution is 6.02. The van der Waals surface area contributed by atoms with Gasteiger partial charge in [-0.1, -0.05) is 25.1 Å². The molecule has 0 aliphatic rings. The van der Waals surface area contributed by atoms with Crippen LogP contribution in [0.1, 0.15) is 23.0 Å². The van der Waals surface area contributed by atoms with Gasteiger partial charge in [0.1, 0.15) is 5.82 Å². The fourth-order valence-electron chi connectivity index (χ4n) is 2.25. The quantitative estimate of drug-likeness (QED) is 0.734. The Morgan fingerprint density at radius 2 is 1.80 bits per heavy atom. The minimum absolute atomic E-state index is 0.149. The molecule has 25 heavy (non-hydrogen) atoms. The van der Waals surface area contributed by atoms with Gasteiger partial charge in [-0.15, -0.1) is 10.2 Å². The van der Waals surface area contributed by atoms with Crippen molar-refractivity contribution in [1.82, 2.24) is 10.2 Å². The Balaban J connectivity index is 1.65. The molecule has 126 valence electrons. The third-order valence-electron chi connectivity index (χ3n) is 3.61. The second-order valence-corrected chi connectivity index (χ2v) is 5.44. The Morgan fingerprint density at radius 1 is 1.00 bits per heavy atom. The summed E-state index contributed by atoms with van der Waals surface area (Å²) in [7, 11) is 0. The molecule has 3 rings (SSSR count). The summed E-state index contributed by atoms with van der Waals surface area (Å²) in [6.07, 6.45) is 0.981. The highest BCUT2D eigenvalue weighted by atomic mass is 19.1. The molecule has 0 radical (unpaired) electrons. The molecule has 6 heteroatoms. The fourth-order valence-corrected chi connectivity index (χ4v) is 2.25. The van der Waals surface area contributed by atoms with Crippen LogP contribution in [0.25, 0.3) is 0 Å². The molecule has 3 aromatic rings. The number of benzene rings is 2. The summed E-state index contributed by atoms with van der Waals surface area (Å²) in [6, 6.07) is 16.9. The molecule has 0 fully saturated rings. The number of carbonyl (C=O) groups excluding carboxylic acids is 1. The number of halogens is 1. The van der Waals surface area contributed by atoms with Crippen LogP contribution < -0.4 is 10.6 Å². The molecule has 1 heterocycles. The van der Waals surface area contributed by atoms with Crippen molar-refractivity contribution in [2.75, 3.05) is 10.6 Å². The zero-order valence-corrected chi connectivity index (χ0v) is 13.7. The number of carbonyl (C=O) groups is 1. The maximum Gasteiger partial charge on any atom is 0.276 e. The first-order chi connectivity index (χ1) is 12.1. The fraction of sp³-hybridized carbons (Fsp3) is 0.105. The molecule has 1 amide bonds. The predicted octanol–water partition coefficient (Wildman–Crippen LogP) is 4.17. The van der Waals surface area contributed by atoms with Crippen LogP contribution in [0.2, 0.25) is 0 Å². The summed E-state index contributed by atoms with van der Waals surface area (Å²) in [4.78, 5) is 12.1. The molecular weight excluding hydrogens is 319 g/mol. The van der Waals surface area contributed by atoms with Crippen molar-refractivity contribution in [3.63, 3.8) is 0 Å². The third-order valence-corrected chi connectivity index (χ3v) is 3.61. The van der Waals surface area contributed by atoms with E-state index < -0.39 is 11.7 Å². The Kier molecular flexibility index (Phi) is 4.99. The molecule has 0 aliphatic heterocycles. The molecule has 0 spiro atoms. The largest absolute Gasteiger partial charge is 0.339 e. The number of aryl methyl sites for hydroxylation is 1. The van der Waals surface area contributed by atoms with E-state index in [1.807, 2.05) is 24.3 Å². The van der Waals surface area contributed by atoms with Gasteiger partial charge < -0.3 is 10.6 Å².